The van der Waals surface area contributed by atoms with E-state index in [0.29, 0.717) is 6.04 Å². The first kappa shape index (κ1) is 13.6. The van der Waals surface area contributed by atoms with Gasteiger partial charge in [0.15, 0.2) is 0 Å². The van der Waals surface area contributed by atoms with E-state index in [4.69, 9.17) is 4.74 Å². The van der Waals surface area contributed by atoms with Crippen molar-refractivity contribution in [1.82, 2.24) is 9.97 Å². The van der Waals surface area contributed by atoms with Gasteiger partial charge in [0.05, 0.1) is 5.60 Å². The normalized spacial score (nSPS) is 24.8. The molecule has 1 N–H and O–H groups in total. The summed E-state index contributed by atoms with van der Waals surface area (Å²) in [5, 5.41) is 3.50. The van der Waals surface area contributed by atoms with Gasteiger partial charge in [-0.15, -0.1) is 0 Å². The molecule has 20 heavy (non-hydrogen) atoms. The molecule has 2 fully saturated rings. The van der Waals surface area contributed by atoms with Crippen molar-refractivity contribution in [3.8, 4) is 0 Å². The average Bonchev–Trinajstić information content (AvgIpc) is 2.87. The number of anilines is 2. The van der Waals surface area contributed by atoms with Crippen LogP contribution in [0.2, 0.25) is 0 Å². The van der Waals surface area contributed by atoms with Gasteiger partial charge in [-0.25, -0.2) is 4.98 Å². The van der Waals surface area contributed by atoms with Crippen molar-refractivity contribution in [3.05, 3.63) is 12.3 Å². The average molecular weight is 276 g/mol. The van der Waals surface area contributed by atoms with Gasteiger partial charge in [-0.3, -0.25) is 0 Å². The number of hydrogen-bond donors (Lipinski definition) is 1. The second kappa shape index (κ2) is 5.56. The number of aromatic nitrogens is 2. The van der Waals surface area contributed by atoms with Crippen LogP contribution in [0.25, 0.3) is 0 Å². The van der Waals surface area contributed by atoms with Crippen molar-refractivity contribution in [2.45, 2.75) is 50.2 Å². The van der Waals surface area contributed by atoms with Crippen molar-refractivity contribution >= 4 is 11.8 Å². The molecular formula is C15H24N4O. The maximum atomic E-state index is 6.07. The van der Waals surface area contributed by atoms with Gasteiger partial charge >= 0.3 is 0 Å². The maximum absolute atomic E-state index is 6.07. The molecule has 2 heterocycles. The Hall–Kier alpha value is -1.36. The number of rotatable bonds is 3. The van der Waals surface area contributed by atoms with Crippen LogP contribution in [-0.2, 0) is 4.74 Å². The summed E-state index contributed by atoms with van der Waals surface area (Å²) in [7, 11) is 3.99. The van der Waals surface area contributed by atoms with Gasteiger partial charge in [-0.1, -0.05) is 12.8 Å². The van der Waals surface area contributed by atoms with E-state index in [2.05, 4.69) is 15.3 Å². The lowest BCUT2D eigenvalue weighted by atomic mass is 9.89. The second-order valence-electron chi connectivity index (χ2n) is 6.21. The van der Waals surface area contributed by atoms with Crippen molar-refractivity contribution in [2.24, 2.45) is 0 Å². The summed E-state index contributed by atoms with van der Waals surface area (Å²) in [5.74, 6) is 1.67. The molecule has 3 rings (SSSR count). The predicted octanol–water partition coefficient (Wildman–Crippen LogP) is 2.45. The molecule has 1 spiro atoms. The van der Waals surface area contributed by atoms with Gasteiger partial charge in [0.25, 0.3) is 0 Å². The topological polar surface area (TPSA) is 50.3 Å². The third kappa shape index (κ3) is 2.87. The maximum Gasteiger partial charge on any atom is 0.224 e. The zero-order valence-corrected chi connectivity index (χ0v) is 12.4. The number of hydrogen-bond acceptors (Lipinski definition) is 5. The fourth-order valence-electron chi connectivity index (χ4n) is 3.37. The molecular weight excluding hydrogens is 252 g/mol. The van der Waals surface area contributed by atoms with Crippen LogP contribution < -0.4 is 10.2 Å². The summed E-state index contributed by atoms with van der Waals surface area (Å²) in [6.45, 7) is 0.852. The Labute approximate surface area is 120 Å². The molecule has 2 aliphatic rings. The molecule has 0 aromatic carbocycles. The Morgan fingerprint density at radius 2 is 2.15 bits per heavy atom. The highest BCUT2D eigenvalue weighted by atomic mass is 16.5. The highest BCUT2D eigenvalue weighted by Crippen LogP contribution is 2.40. The van der Waals surface area contributed by atoms with Gasteiger partial charge in [-0.2, -0.15) is 4.98 Å². The highest BCUT2D eigenvalue weighted by Gasteiger charge is 2.40. The largest absolute Gasteiger partial charge is 0.375 e. The van der Waals surface area contributed by atoms with Gasteiger partial charge < -0.3 is 15.0 Å². The SMILES string of the molecule is CN(C)c1ccnc(NC2CCOC3(CCCC3)C2)n1. The minimum Gasteiger partial charge on any atom is -0.375 e. The Balaban J connectivity index is 1.66. The van der Waals surface area contributed by atoms with Gasteiger partial charge in [0.1, 0.15) is 5.82 Å². The molecule has 1 unspecified atom stereocenters. The van der Waals surface area contributed by atoms with Crippen LogP contribution in [0.5, 0.6) is 0 Å². The first-order valence-corrected chi connectivity index (χ1v) is 7.58. The standard InChI is InChI=1S/C15H24N4O/c1-19(2)13-5-9-16-14(18-13)17-12-6-10-20-15(11-12)7-3-4-8-15/h5,9,12H,3-4,6-8,10-11H2,1-2H3,(H,16,17,18). The molecule has 5 heteroatoms. The fourth-order valence-corrected chi connectivity index (χ4v) is 3.37. The van der Waals surface area contributed by atoms with Crippen LogP contribution >= 0.6 is 0 Å². The van der Waals surface area contributed by atoms with E-state index < -0.39 is 0 Å². The number of nitrogens with zero attached hydrogens (tertiary/aromatic N) is 3. The van der Waals surface area contributed by atoms with Gasteiger partial charge in [0.2, 0.25) is 5.95 Å². The van der Waals surface area contributed by atoms with E-state index >= 15 is 0 Å². The molecule has 0 radical (unpaired) electrons. The fraction of sp³-hybridized carbons (Fsp3) is 0.733. The zero-order valence-electron chi connectivity index (χ0n) is 12.4. The predicted molar refractivity (Wildman–Crippen MR) is 80.2 cm³/mol. The van der Waals surface area contributed by atoms with Gasteiger partial charge in [0, 0.05) is 32.9 Å². The summed E-state index contributed by atoms with van der Waals surface area (Å²) in [6, 6.07) is 2.35. The molecule has 110 valence electrons. The van der Waals surface area contributed by atoms with E-state index in [-0.39, 0.29) is 5.60 Å². The van der Waals surface area contributed by atoms with Crippen molar-refractivity contribution in [2.75, 3.05) is 30.9 Å². The molecule has 5 nitrogen and oxygen atoms in total. The van der Waals surface area contributed by atoms with E-state index in [1.54, 1.807) is 0 Å². The summed E-state index contributed by atoms with van der Waals surface area (Å²) in [5.41, 5.74) is 0.134. The van der Waals surface area contributed by atoms with Crippen LogP contribution in [0.4, 0.5) is 11.8 Å². The van der Waals surface area contributed by atoms with Crippen LogP contribution in [0.1, 0.15) is 38.5 Å². The molecule has 1 saturated heterocycles. The lowest BCUT2D eigenvalue weighted by Crippen LogP contribution is -2.42. The lowest BCUT2D eigenvalue weighted by Gasteiger charge is -2.38. The molecule has 1 saturated carbocycles. The Morgan fingerprint density at radius 3 is 2.90 bits per heavy atom. The Morgan fingerprint density at radius 1 is 1.35 bits per heavy atom. The molecule has 1 aliphatic carbocycles. The van der Waals surface area contributed by atoms with E-state index in [0.717, 1.165) is 31.2 Å². The van der Waals surface area contributed by atoms with E-state index in [1.165, 1.54) is 25.7 Å². The van der Waals surface area contributed by atoms with Crippen LogP contribution in [0.15, 0.2) is 12.3 Å². The molecule has 0 bridgehead atoms. The summed E-state index contributed by atoms with van der Waals surface area (Å²) in [6.07, 6.45) is 8.97. The highest BCUT2D eigenvalue weighted by molar-refractivity contribution is 5.41. The molecule has 1 aromatic heterocycles. The van der Waals surface area contributed by atoms with Crippen LogP contribution in [-0.4, -0.2) is 42.3 Å². The van der Waals surface area contributed by atoms with Crippen LogP contribution in [0.3, 0.4) is 0 Å². The first-order chi connectivity index (χ1) is 9.67. The monoisotopic (exact) mass is 276 g/mol. The van der Waals surface area contributed by atoms with E-state index in [9.17, 15) is 0 Å². The number of ether oxygens (including phenoxy) is 1. The van der Waals surface area contributed by atoms with E-state index in [1.807, 2.05) is 31.3 Å². The summed E-state index contributed by atoms with van der Waals surface area (Å²) in [4.78, 5) is 10.9. The summed E-state index contributed by atoms with van der Waals surface area (Å²) < 4.78 is 6.07. The lowest BCUT2D eigenvalue weighted by molar-refractivity contribution is -0.0767. The molecule has 1 atom stereocenters. The minimum atomic E-state index is 0.134. The van der Waals surface area contributed by atoms with Crippen LogP contribution in [0, 0.1) is 0 Å². The Kier molecular flexibility index (Phi) is 3.78. The quantitative estimate of drug-likeness (QED) is 0.919. The van der Waals surface area contributed by atoms with Gasteiger partial charge in [-0.05, 0) is 31.7 Å². The third-order valence-electron chi connectivity index (χ3n) is 4.44. The second-order valence-corrected chi connectivity index (χ2v) is 6.21. The molecule has 1 aromatic rings. The minimum absolute atomic E-state index is 0.134. The van der Waals surface area contributed by atoms with Crippen molar-refractivity contribution in [1.29, 1.82) is 0 Å². The zero-order chi connectivity index (χ0) is 14.0. The third-order valence-corrected chi connectivity index (χ3v) is 4.44. The first-order valence-electron chi connectivity index (χ1n) is 7.58. The summed E-state index contributed by atoms with van der Waals surface area (Å²) >= 11 is 0. The van der Waals surface area contributed by atoms with Crippen molar-refractivity contribution < 1.29 is 4.74 Å². The number of nitrogens with one attached hydrogen (secondary N) is 1. The van der Waals surface area contributed by atoms with Crippen molar-refractivity contribution in [3.63, 3.8) is 0 Å². The Bertz CT molecular complexity index is 457. The molecule has 0 amide bonds. The smallest absolute Gasteiger partial charge is 0.224 e. The molecule has 1 aliphatic heterocycles.